The molecule has 0 radical (unpaired) electrons. The lowest BCUT2D eigenvalue weighted by atomic mass is 10.0. The van der Waals surface area contributed by atoms with Gasteiger partial charge in [-0.3, -0.25) is 4.21 Å². The molecule has 0 N–H and O–H groups in total. The second-order valence-corrected chi connectivity index (χ2v) is 5.47. The van der Waals surface area contributed by atoms with Gasteiger partial charge in [0.25, 0.3) is 0 Å². The molecule has 0 fully saturated rings. The van der Waals surface area contributed by atoms with Crippen LogP contribution in [0.4, 0.5) is 0 Å². The Morgan fingerprint density at radius 3 is 2.41 bits per heavy atom. The minimum absolute atomic E-state index is 0.0599. The summed E-state index contributed by atoms with van der Waals surface area (Å²) in [4.78, 5) is 0. The summed E-state index contributed by atoms with van der Waals surface area (Å²) in [6.45, 7) is 0. The van der Waals surface area contributed by atoms with E-state index in [1.165, 1.54) is 0 Å². The van der Waals surface area contributed by atoms with Crippen molar-refractivity contribution < 1.29 is 8.76 Å². The van der Waals surface area contributed by atoms with E-state index in [0.29, 0.717) is 0 Å². The molecule has 0 aliphatic rings. The zero-order valence-corrected chi connectivity index (χ0v) is 11.3. The molecule has 2 rings (SSSR count). The zero-order valence-electron chi connectivity index (χ0n) is 8.93. The maximum atomic E-state index is 10.7. The Bertz CT molecular complexity index is 537. The van der Waals surface area contributed by atoms with Crippen molar-refractivity contribution in [2.45, 2.75) is 5.75 Å². The summed E-state index contributed by atoms with van der Waals surface area (Å²) in [7, 11) is 0. The third-order valence-electron chi connectivity index (χ3n) is 2.39. The number of halogens is 1. The molecule has 1 unspecified atom stereocenters. The van der Waals surface area contributed by atoms with Gasteiger partial charge in [0.2, 0.25) is 0 Å². The van der Waals surface area contributed by atoms with E-state index < -0.39 is 11.1 Å². The number of benzene rings is 2. The first-order chi connectivity index (χ1) is 8.15. The van der Waals surface area contributed by atoms with E-state index in [1.54, 1.807) is 0 Å². The molecule has 4 heteroatoms. The van der Waals surface area contributed by atoms with Crippen LogP contribution in [-0.4, -0.2) is 8.76 Å². The molecule has 0 aliphatic heterocycles. The average Bonchev–Trinajstić information content (AvgIpc) is 2.29. The van der Waals surface area contributed by atoms with Crippen LogP contribution in [0.3, 0.4) is 0 Å². The van der Waals surface area contributed by atoms with Crippen molar-refractivity contribution >= 4 is 27.0 Å². The maximum absolute atomic E-state index is 10.7. The van der Waals surface area contributed by atoms with Gasteiger partial charge in [-0.2, -0.15) is 0 Å². The Balaban J connectivity index is 2.32. The van der Waals surface area contributed by atoms with Gasteiger partial charge in [-0.25, -0.2) is 0 Å². The minimum atomic E-state index is -2.04. The lowest BCUT2D eigenvalue weighted by Gasteiger charge is -2.07. The maximum Gasteiger partial charge on any atom is 0.0353 e. The van der Waals surface area contributed by atoms with Gasteiger partial charge in [-0.05, 0) is 28.8 Å². The van der Waals surface area contributed by atoms with Gasteiger partial charge < -0.3 is 4.55 Å². The van der Waals surface area contributed by atoms with E-state index in [2.05, 4.69) is 15.9 Å². The molecule has 0 aliphatic carbocycles. The van der Waals surface area contributed by atoms with Crippen LogP contribution in [-0.2, 0) is 16.8 Å². The van der Waals surface area contributed by atoms with E-state index in [0.717, 1.165) is 21.2 Å². The van der Waals surface area contributed by atoms with Crippen LogP contribution in [0.5, 0.6) is 0 Å². The van der Waals surface area contributed by atoms with Gasteiger partial charge in [-0.15, -0.1) is 0 Å². The van der Waals surface area contributed by atoms with Crippen LogP contribution in [0, 0.1) is 0 Å². The normalized spacial score (nSPS) is 12.4. The second kappa shape index (κ2) is 5.58. The largest absolute Gasteiger partial charge is 0.772 e. The summed E-state index contributed by atoms with van der Waals surface area (Å²) in [5.74, 6) is 0.0599. The van der Waals surface area contributed by atoms with Crippen molar-refractivity contribution in [1.82, 2.24) is 0 Å². The topological polar surface area (TPSA) is 40.1 Å². The third-order valence-corrected chi connectivity index (χ3v) is 3.49. The van der Waals surface area contributed by atoms with Gasteiger partial charge in [0.15, 0.2) is 0 Å². The predicted molar refractivity (Wildman–Crippen MR) is 72.2 cm³/mol. The molecule has 2 nitrogen and oxygen atoms in total. The average molecular weight is 310 g/mol. The quantitative estimate of drug-likeness (QED) is 0.814. The van der Waals surface area contributed by atoms with Crippen molar-refractivity contribution in [1.29, 1.82) is 0 Å². The molecule has 0 aromatic heterocycles. The Hall–Kier alpha value is -0.970. The Morgan fingerprint density at radius 1 is 1.06 bits per heavy atom. The molecule has 2 aromatic carbocycles. The summed E-state index contributed by atoms with van der Waals surface area (Å²) in [6, 6.07) is 15.5. The predicted octanol–water partition coefficient (Wildman–Crippen LogP) is 3.50. The molecule has 0 amide bonds. The van der Waals surface area contributed by atoms with E-state index in [-0.39, 0.29) is 5.75 Å². The summed E-state index contributed by atoms with van der Waals surface area (Å²) >= 11 is 1.34. The molecule has 17 heavy (non-hydrogen) atoms. The number of rotatable bonds is 3. The van der Waals surface area contributed by atoms with Crippen molar-refractivity contribution in [2.24, 2.45) is 0 Å². The van der Waals surface area contributed by atoms with Gasteiger partial charge in [0, 0.05) is 10.2 Å². The van der Waals surface area contributed by atoms with Crippen molar-refractivity contribution in [3.05, 3.63) is 58.6 Å². The van der Waals surface area contributed by atoms with Gasteiger partial charge >= 0.3 is 0 Å². The first-order valence-corrected chi connectivity index (χ1v) is 7.09. The molecule has 88 valence electrons. The van der Waals surface area contributed by atoms with Gasteiger partial charge in [-0.1, -0.05) is 63.4 Å². The summed E-state index contributed by atoms with van der Waals surface area (Å²) in [5, 5.41) is 0. The van der Waals surface area contributed by atoms with Crippen LogP contribution < -0.4 is 0 Å². The van der Waals surface area contributed by atoms with Gasteiger partial charge in [0.05, 0.1) is 0 Å². The third kappa shape index (κ3) is 3.49. The lowest BCUT2D eigenvalue weighted by Crippen LogP contribution is -1.93. The van der Waals surface area contributed by atoms with Crippen molar-refractivity contribution in [2.75, 3.05) is 0 Å². The lowest BCUT2D eigenvalue weighted by molar-refractivity contribution is 0.536. The molecular formula is C13H10BrO2S-. The van der Waals surface area contributed by atoms with Crippen LogP contribution >= 0.6 is 15.9 Å². The number of hydrogen-bond acceptors (Lipinski definition) is 2. The molecule has 0 saturated heterocycles. The zero-order chi connectivity index (χ0) is 12.3. The van der Waals surface area contributed by atoms with Crippen LogP contribution in [0.25, 0.3) is 11.1 Å². The summed E-state index contributed by atoms with van der Waals surface area (Å²) in [6.07, 6.45) is 0. The smallest absolute Gasteiger partial charge is 0.0353 e. The SMILES string of the molecule is O=S([O-])Cc1cccc(-c2ccc(Br)cc2)c1. The summed E-state index contributed by atoms with van der Waals surface area (Å²) < 4.78 is 22.3. The fraction of sp³-hybridized carbons (Fsp3) is 0.0769. The van der Waals surface area contributed by atoms with Crippen LogP contribution in [0.15, 0.2) is 53.0 Å². The molecule has 0 saturated carbocycles. The minimum Gasteiger partial charge on any atom is -0.772 e. The summed E-state index contributed by atoms with van der Waals surface area (Å²) in [5.41, 5.74) is 2.91. The van der Waals surface area contributed by atoms with Crippen LogP contribution in [0.2, 0.25) is 0 Å². The molecule has 2 aromatic rings. The highest BCUT2D eigenvalue weighted by Crippen LogP contribution is 2.22. The Kier molecular flexibility index (Phi) is 4.10. The Morgan fingerprint density at radius 2 is 1.76 bits per heavy atom. The first-order valence-electron chi connectivity index (χ1n) is 5.06. The highest BCUT2D eigenvalue weighted by Gasteiger charge is 1.99. The van der Waals surface area contributed by atoms with Crippen molar-refractivity contribution in [3.63, 3.8) is 0 Å². The van der Waals surface area contributed by atoms with Gasteiger partial charge in [0.1, 0.15) is 0 Å². The fourth-order valence-corrected chi connectivity index (χ4v) is 2.34. The van der Waals surface area contributed by atoms with E-state index >= 15 is 0 Å². The molecule has 0 heterocycles. The van der Waals surface area contributed by atoms with E-state index in [9.17, 15) is 8.76 Å². The van der Waals surface area contributed by atoms with Crippen LogP contribution in [0.1, 0.15) is 5.56 Å². The monoisotopic (exact) mass is 309 g/mol. The number of hydrogen-bond donors (Lipinski definition) is 0. The highest BCUT2D eigenvalue weighted by molar-refractivity contribution is 9.10. The molecule has 1 atom stereocenters. The molecule has 0 spiro atoms. The fourth-order valence-electron chi connectivity index (χ4n) is 1.62. The Labute approximate surface area is 111 Å². The standard InChI is InChI=1S/C13H11BrO2S/c14-13-6-4-11(5-7-13)12-3-1-2-10(8-12)9-17(15)16/h1-8H,9H2,(H,15,16)/p-1. The second-order valence-electron chi connectivity index (χ2n) is 3.66. The van der Waals surface area contributed by atoms with E-state index in [1.807, 2.05) is 48.5 Å². The highest BCUT2D eigenvalue weighted by atomic mass is 79.9. The molecular weight excluding hydrogens is 300 g/mol. The first kappa shape index (κ1) is 12.5. The molecule has 0 bridgehead atoms. The van der Waals surface area contributed by atoms with E-state index in [4.69, 9.17) is 0 Å². The van der Waals surface area contributed by atoms with Crippen molar-refractivity contribution in [3.8, 4) is 11.1 Å².